The Kier molecular flexibility index (Phi) is 5.37. The van der Waals surface area contributed by atoms with Gasteiger partial charge in [0.2, 0.25) is 0 Å². The molecule has 0 saturated heterocycles. The first-order valence-electron chi connectivity index (χ1n) is 5.51. The lowest BCUT2D eigenvalue weighted by molar-refractivity contribution is 0.219. The second-order valence-electron chi connectivity index (χ2n) is 3.37. The molecule has 1 aromatic carbocycles. The van der Waals surface area contributed by atoms with E-state index in [4.69, 9.17) is 14.3 Å². The molecule has 92 valence electrons. The summed E-state index contributed by atoms with van der Waals surface area (Å²) in [6, 6.07) is 9.11. The smallest absolute Gasteiger partial charge is 0.309 e. The van der Waals surface area contributed by atoms with E-state index in [0.29, 0.717) is 24.3 Å². The van der Waals surface area contributed by atoms with Gasteiger partial charge in [-0.25, -0.2) is 0 Å². The van der Waals surface area contributed by atoms with Crippen molar-refractivity contribution < 1.29 is 13.6 Å². The van der Waals surface area contributed by atoms with E-state index in [1.54, 1.807) is 38.1 Å². The molecule has 0 N–H and O–H groups in total. The van der Waals surface area contributed by atoms with Gasteiger partial charge in [-0.1, -0.05) is 18.2 Å². The van der Waals surface area contributed by atoms with E-state index in [0.717, 1.165) is 0 Å². The first kappa shape index (κ1) is 13.9. The van der Waals surface area contributed by atoms with Crippen molar-refractivity contribution in [2.24, 2.45) is 0 Å². The third-order valence-electron chi connectivity index (χ3n) is 2.15. The standard InChI is InChI=1S/C12H16NO3P/c1-3-15-17(14,16-4-2)10-12-8-6-5-7-11(12)9-13/h5-8H,3-4,10H2,1-2H3. The van der Waals surface area contributed by atoms with Gasteiger partial charge in [0.25, 0.3) is 0 Å². The number of nitriles is 1. The molecule has 0 unspecified atom stereocenters. The van der Waals surface area contributed by atoms with Crippen molar-refractivity contribution in [1.29, 1.82) is 5.26 Å². The molecule has 1 rings (SSSR count). The molecular weight excluding hydrogens is 237 g/mol. The van der Waals surface area contributed by atoms with Gasteiger partial charge < -0.3 is 9.05 Å². The molecule has 0 aliphatic rings. The SMILES string of the molecule is CCOP(=O)(Cc1ccccc1C#N)OCC. The molecule has 5 heteroatoms. The van der Waals surface area contributed by atoms with E-state index in [2.05, 4.69) is 6.07 Å². The van der Waals surface area contributed by atoms with Crippen LogP contribution in [0, 0.1) is 11.3 Å². The average molecular weight is 253 g/mol. The second-order valence-corrected chi connectivity index (χ2v) is 5.43. The fraction of sp³-hybridized carbons (Fsp3) is 0.417. The van der Waals surface area contributed by atoms with Crippen LogP contribution in [0.2, 0.25) is 0 Å². The molecule has 0 atom stereocenters. The summed E-state index contributed by atoms with van der Waals surface area (Å²) in [6.07, 6.45) is 0.137. The molecule has 0 aromatic heterocycles. The quantitative estimate of drug-likeness (QED) is 0.729. The van der Waals surface area contributed by atoms with Crippen molar-refractivity contribution >= 4 is 7.60 Å². The maximum Gasteiger partial charge on any atom is 0.335 e. The normalized spacial score (nSPS) is 11.1. The highest BCUT2D eigenvalue weighted by Crippen LogP contribution is 2.51. The minimum absolute atomic E-state index is 0.137. The van der Waals surface area contributed by atoms with Crippen LogP contribution in [-0.2, 0) is 19.8 Å². The van der Waals surface area contributed by atoms with E-state index < -0.39 is 7.60 Å². The maximum absolute atomic E-state index is 12.3. The minimum Gasteiger partial charge on any atom is -0.309 e. The number of nitrogens with zero attached hydrogens (tertiary/aromatic N) is 1. The Morgan fingerprint density at radius 1 is 1.24 bits per heavy atom. The van der Waals surface area contributed by atoms with Crippen molar-refractivity contribution in [3.8, 4) is 6.07 Å². The summed E-state index contributed by atoms with van der Waals surface area (Å²) in [5.74, 6) is 0. The van der Waals surface area contributed by atoms with E-state index in [1.165, 1.54) is 0 Å². The van der Waals surface area contributed by atoms with Gasteiger partial charge in [-0.05, 0) is 25.5 Å². The molecule has 0 radical (unpaired) electrons. The zero-order valence-corrected chi connectivity index (χ0v) is 10.9. The molecule has 0 aliphatic carbocycles. The molecule has 4 nitrogen and oxygen atoms in total. The Morgan fingerprint density at radius 2 is 1.82 bits per heavy atom. The molecule has 0 amide bonds. The number of hydrogen-bond acceptors (Lipinski definition) is 4. The Labute approximate surface area is 102 Å². The molecule has 0 fully saturated rings. The topological polar surface area (TPSA) is 59.3 Å². The summed E-state index contributed by atoms with van der Waals surface area (Å²) < 4.78 is 22.7. The highest BCUT2D eigenvalue weighted by molar-refractivity contribution is 7.53. The third-order valence-corrected chi connectivity index (χ3v) is 4.18. The lowest BCUT2D eigenvalue weighted by atomic mass is 10.1. The first-order valence-corrected chi connectivity index (χ1v) is 7.24. The van der Waals surface area contributed by atoms with Gasteiger partial charge in [0.1, 0.15) is 0 Å². The Hall–Kier alpha value is -1.14. The summed E-state index contributed by atoms with van der Waals surface area (Å²) in [5, 5.41) is 8.95. The van der Waals surface area contributed by atoms with E-state index in [9.17, 15) is 4.57 Å². The molecule has 0 saturated carbocycles. The number of benzene rings is 1. The highest BCUT2D eigenvalue weighted by Gasteiger charge is 2.25. The maximum atomic E-state index is 12.3. The molecule has 0 bridgehead atoms. The van der Waals surface area contributed by atoms with Crippen LogP contribution in [-0.4, -0.2) is 13.2 Å². The van der Waals surface area contributed by atoms with E-state index in [-0.39, 0.29) is 6.16 Å². The van der Waals surface area contributed by atoms with E-state index in [1.807, 2.05) is 0 Å². The first-order chi connectivity index (χ1) is 8.15. The molecule has 17 heavy (non-hydrogen) atoms. The van der Waals surface area contributed by atoms with Gasteiger partial charge >= 0.3 is 7.60 Å². The monoisotopic (exact) mass is 253 g/mol. The highest BCUT2D eigenvalue weighted by atomic mass is 31.2. The molecule has 0 heterocycles. The van der Waals surface area contributed by atoms with Crippen LogP contribution in [0.5, 0.6) is 0 Å². The van der Waals surface area contributed by atoms with Crippen molar-refractivity contribution in [2.45, 2.75) is 20.0 Å². The van der Waals surface area contributed by atoms with Crippen molar-refractivity contribution in [3.05, 3.63) is 35.4 Å². The van der Waals surface area contributed by atoms with Gasteiger partial charge in [0.15, 0.2) is 0 Å². The van der Waals surface area contributed by atoms with Crippen LogP contribution in [0.15, 0.2) is 24.3 Å². The fourth-order valence-electron chi connectivity index (χ4n) is 1.50. The fourth-order valence-corrected chi connectivity index (χ4v) is 3.23. The predicted molar refractivity (Wildman–Crippen MR) is 65.7 cm³/mol. The van der Waals surface area contributed by atoms with Gasteiger partial charge in [0, 0.05) is 0 Å². The minimum atomic E-state index is -3.13. The summed E-state index contributed by atoms with van der Waals surface area (Å²) >= 11 is 0. The third kappa shape index (κ3) is 3.98. The Morgan fingerprint density at radius 3 is 2.35 bits per heavy atom. The average Bonchev–Trinajstić information content (AvgIpc) is 2.30. The van der Waals surface area contributed by atoms with Crippen molar-refractivity contribution in [1.82, 2.24) is 0 Å². The van der Waals surface area contributed by atoms with Gasteiger partial charge in [-0.15, -0.1) is 0 Å². The summed E-state index contributed by atoms with van der Waals surface area (Å²) in [6.45, 7) is 4.18. The molecule has 0 aliphatic heterocycles. The summed E-state index contributed by atoms with van der Waals surface area (Å²) in [7, 11) is -3.13. The Bertz CT molecular complexity index is 443. The number of hydrogen-bond donors (Lipinski definition) is 0. The van der Waals surface area contributed by atoms with Crippen LogP contribution in [0.4, 0.5) is 0 Å². The molecular formula is C12H16NO3P. The summed E-state index contributed by atoms with van der Waals surface area (Å²) in [5.41, 5.74) is 1.20. The zero-order valence-electron chi connectivity index (χ0n) is 10.0. The van der Waals surface area contributed by atoms with Crippen molar-refractivity contribution in [2.75, 3.05) is 13.2 Å². The van der Waals surface area contributed by atoms with E-state index >= 15 is 0 Å². The van der Waals surface area contributed by atoms with Gasteiger partial charge in [-0.3, -0.25) is 4.57 Å². The largest absolute Gasteiger partial charge is 0.335 e. The lowest BCUT2D eigenvalue weighted by Gasteiger charge is -2.17. The number of rotatable bonds is 6. The molecule has 0 spiro atoms. The summed E-state index contributed by atoms with van der Waals surface area (Å²) in [4.78, 5) is 0. The van der Waals surface area contributed by atoms with Crippen LogP contribution in [0.3, 0.4) is 0 Å². The molecule has 1 aromatic rings. The predicted octanol–water partition coefficient (Wildman–Crippen LogP) is 3.32. The van der Waals surface area contributed by atoms with Gasteiger partial charge in [0.05, 0.1) is 31.0 Å². The zero-order chi connectivity index (χ0) is 12.7. The van der Waals surface area contributed by atoms with Crippen LogP contribution in [0.1, 0.15) is 25.0 Å². The Balaban J connectivity index is 2.94. The van der Waals surface area contributed by atoms with Crippen molar-refractivity contribution in [3.63, 3.8) is 0 Å². The van der Waals surface area contributed by atoms with Crippen LogP contribution in [0.25, 0.3) is 0 Å². The second kappa shape index (κ2) is 6.56. The van der Waals surface area contributed by atoms with Crippen LogP contribution >= 0.6 is 7.60 Å². The lowest BCUT2D eigenvalue weighted by Crippen LogP contribution is -2.00. The van der Waals surface area contributed by atoms with Gasteiger partial charge in [-0.2, -0.15) is 5.26 Å². The van der Waals surface area contributed by atoms with Crippen LogP contribution < -0.4 is 0 Å².